The van der Waals surface area contributed by atoms with E-state index in [1.807, 2.05) is 6.20 Å². The van der Waals surface area contributed by atoms with Crippen molar-refractivity contribution in [2.45, 2.75) is 64.0 Å². The first-order chi connectivity index (χ1) is 11.1. The van der Waals surface area contributed by atoms with Crippen molar-refractivity contribution in [1.29, 1.82) is 0 Å². The van der Waals surface area contributed by atoms with Gasteiger partial charge in [-0.2, -0.15) is 0 Å². The van der Waals surface area contributed by atoms with Crippen LogP contribution in [0.15, 0.2) is 6.20 Å². The second-order valence-electron chi connectivity index (χ2n) is 6.98. The van der Waals surface area contributed by atoms with Gasteiger partial charge in [0.1, 0.15) is 0 Å². The molecule has 5 nitrogen and oxygen atoms in total. The van der Waals surface area contributed by atoms with Gasteiger partial charge in [-0.25, -0.2) is 9.78 Å². The van der Waals surface area contributed by atoms with E-state index in [2.05, 4.69) is 34.4 Å². The summed E-state index contributed by atoms with van der Waals surface area (Å²) in [5.74, 6) is 0.262. The summed E-state index contributed by atoms with van der Waals surface area (Å²) < 4.78 is 0. The first-order valence-electron chi connectivity index (χ1n) is 8.82. The maximum atomic E-state index is 12.1. The molecule has 2 amide bonds. The highest BCUT2D eigenvalue weighted by Crippen LogP contribution is 2.26. The molecule has 2 aliphatic rings. The maximum Gasteiger partial charge on any atom is 0.315 e. The molecule has 0 unspecified atom stereocenters. The Balaban J connectivity index is 1.38. The van der Waals surface area contributed by atoms with Gasteiger partial charge >= 0.3 is 6.03 Å². The molecule has 2 atom stereocenters. The SMILES string of the molecule is Cc1cnc([C@H](C)CNC(=O)N[C@H]2CCN(C3CCCC3)C2)s1. The lowest BCUT2D eigenvalue weighted by atomic mass is 10.2. The predicted molar refractivity (Wildman–Crippen MR) is 94.0 cm³/mol. The molecule has 2 N–H and O–H groups in total. The van der Waals surface area contributed by atoms with E-state index in [1.54, 1.807) is 11.3 Å². The summed E-state index contributed by atoms with van der Waals surface area (Å²) in [5.41, 5.74) is 0. The van der Waals surface area contributed by atoms with Crippen LogP contribution in [0.5, 0.6) is 0 Å². The third-order valence-electron chi connectivity index (χ3n) is 5.03. The van der Waals surface area contributed by atoms with Gasteiger partial charge in [0.2, 0.25) is 0 Å². The van der Waals surface area contributed by atoms with Gasteiger partial charge in [-0.05, 0) is 26.2 Å². The van der Waals surface area contributed by atoms with Crippen LogP contribution in [0.3, 0.4) is 0 Å². The quantitative estimate of drug-likeness (QED) is 0.869. The van der Waals surface area contributed by atoms with E-state index in [-0.39, 0.29) is 11.9 Å². The number of aryl methyl sites for hydroxylation is 1. The summed E-state index contributed by atoms with van der Waals surface area (Å²) in [5, 5.41) is 7.23. The number of hydrogen-bond acceptors (Lipinski definition) is 4. The topological polar surface area (TPSA) is 57.3 Å². The van der Waals surface area contributed by atoms with Crippen LogP contribution in [-0.4, -0.2) is 47.6 Å². The molecule has 0 bridgehead atoms. The smallest absolute Gasteiger partial charge is 0.315 e. The molecule has 1 aliphatic carbocycles. The average Bonchev–Trinajstić information content (AvgIpc) is 3.25. The van der Waals surface area contributed by atoms with Crippen molar-refractivity contribution >= 4 is 17.4 Å². The lowest BCUT2D eigenvalue weighted by molar-refractivity contribution is 0.227. The Morgan fingerprint density at radius 3 is 2.91 bits per heavy atom. The van der Waals surface area contributed by atoms with Crippen LogP contribution in [0.2, 0.25) is 0 Å². The Morgan fingerprint density at radius 2 is 2.22 bits per heavy atom. The molecule has 0 aromatic carbocycles. The van der Waals surface area contributed by atoms with E-state index < -0.39 is 0 Å². The zero-order valence-corrected chi connectivity index (χ0v) is 15.0. The summed E-state index contributed by atoms with van der Waals surface area (Å²) in [6, 6.07) is 1.02. The van der Waals surface area contributed by atoms with Crippen molar-refractivity contribution in [3.8, 4) is 0 Å². The summed E-state index contributed by atoms with van der Waals surface area (Å²) in [4.78, 5) is 20.3. The van der Waals surface area contributed by atoms with Gasteiger partial charge < -0.3 is 10.6 Å². The fourth-order valence-corrected chi connectivity index (χ4v) is 4.50. The molecule has 128 valence electrons. The molecule has 1 aromatic rings. The fraction of sp³-hybridized carbons (Fsp3) is 0.765. The second kappa shape index (κ2) is 7.62. The predicted octanol–water partition coefficient (Wildman–Crippen LogP) is 2.87. The van der Waals surface area contributed by atoms with E-state index in [0.717, 1.165) is 30.6 Å². The van der Waals surface area contributed by atoms with E-state index in [0.29, 0.717) is 12.6 Å². The zero-order chi connectivity index (χ0) is 16.2. The Morgan fingerprint density at radius 1 is 1.43 bits per heavy atom. The highest BCUT2D eigenvalue weighted by molar-refractivity contribution is 7.11. The normalized spacial score (nSPS) is 24.0. The van der Waals surface area contributed by atoms with Gasteiger partial charge in [0.15, 0.2) is 0 Å². The van der Waals surface area contributed by atoms with Gasteiger partial charge in [-0.3, -0.25) is 4.90 Å². The minimum Gasteiger partial charge on any atom is -0.337 e. The van der Waals surface area contributed by atoms with Crippen molar-refractivity contribution in [1.82, 2.24) is 20.5 Å². The van der Waals surface area contributed by atoms with E-state index in [4.69, 9.17) is 0 Å². The van der Waals surface area contributed by atoms with Gasteiger partial charge in [0, 0.05) is 48.7 Å². The Hall–Kier alpha value is -1.14. The largest absolute Gasteiger partial charge is 0.337 e. The first-order valence-corrected chi connectivity index (χ1v) is 9.64. The van der Waals surface area contributed by atoms with Crippen molar-refractivity contribution in [3.05, 3.63) is 16.1 Å². The number of nitrogens with zero attached hydrogens (tertiary/aromatic N) is 2. The molecule has 0 spiro atoms. The minimum atomic E-state index is -0.0385. The summed E-state index contributed by atoms with van der Waals surface area (Å²) in [6.07, 6.45) is 8.38. The van der Waals surface area contributed by atoms with Gasteiger partial charge in [0.05, 0.1) is 5.01 Å². The van der Waals surface area contributed by atoms with Crippen LogP contribution in [-0.2, 0) is 0 Å². The van der Waals surface area contributed by atoms with Crippen LogP contribution >= 0.6 is 11.3 Å². The summed E-state index contributed by atoms with van der Waals surface area (Å²) >= 11 is 1.71. The van der Waals surface area contributed by atoms with Crippen molar-refractivity contribution < 1.29 is 4.79 Å². The summed E-state index contributed by atoms with van der Waals surface area (Å²) in [7, 11) is 0. The lowest BCUT2D eigenvalue weighted by Crippen LogP contribution is -2.45. The maximum absolute atomic E-state index is 12.1. The molecule has 2 heterocycles. The molecular formula is C17H28N4OS. The highest BCUT2D eigenvalue weighted by atomic mass is 32.1. The van der Waals surface area contributed by atoms with E-state index in [9.17, 15) is 4.79 Å². The van der Waals surface area contributed by atoms with Crippen LogP contribution in [0.25, 0.3) is 0 Å². The van der Waals surface area contributed by atoms with Crippen molar-refractivity contribution in [3.63, 3.8) is 0 Å². The molecule has 23 heavy (non-hydrogen) atoms. The van der Waals surface area contributed by atoms with Crippen LogP contribution in [0.1, 0.15) is 54.8 Å². The van der Waals surface area contributed by atoms with E-state index >= 15 is 0 Å². The monoisotopic (exact) mass is 336 g/mol. The highest BCUT2D eigenvalue weighted by Gasteiger charge is 2.30. The number of amides is 2. The fourth-order valence-electron chi connectivity index (χ4n) is 3.68. The molecule has 1 aromatic heterocycles. The van der Waals surface area contributed by atoms with Crippen molar-refractivity contribution in [2.75, 3.05) is 19.6 Å². The Kier molecular flexibility index (Phi) is 5.54. The summed E-state index contributed by atoms with van der Waals surface area (Å²) in [6.45, 7) is 6.95. The molecule has 3 rings (SSSR count). The Labute approximate surface area is 142 Å². The molecule has 1 aliphatic heterocycles. The number of carbonyl (C=O) groups is 1. The zero-order valence-electron chi connectivity index (χ0n) is 14.2. The number of carbonyl (C=O) groups excluding carboxylic acids is 1. The molecule has 1 saturated heterocycles. The van der Waals surface area contributed by atoms with Crippen LogP contribution in [0, 0.1) is 6.92 Å². The first kappa shape index (κ1) is 16.7. The number of likely N-dealkylation sites (tertiary alicyclic amines) is 1. The number of rotatable bonds is 5. The molecule has 1 saturated carbocycles. The second-order valence-corrected chi connectivity index (χ2v) is 8.25. The molecule has 0 radical (unpaired) electrons. The number of urea groups is 1. The molecule has 6 heteroatoms. The number of aromatic nitrogens is 1. The van der Waals surface area contributed by atoms with E-state index in [1.165, 1.54) is 30.6 Å². The number of thiazole rings is 1. The molecule has 2 fully saturated rings. The number of nitrogens with one attached hydrogen (secondary N) is 2. The van der Waals surface area contributed by atoms with Crippen LogP contribution < -0.4 is 10.6 Å². The van der Waals surface area contributed by atoms with Gasteiger partial charge in [-0.1, -0.05) is 19.8 Å². The Bertz CT molecular complexity index is 526. The third-order valence-corrected chi connectivity index (χ3v) is 6.17. The van der Waals surface area contributed by atoms with Gasteiger partial charge in [0.25, 0.3) is 0 Å². The lowest BCUT2D eigenvalue weighted by Gasteiger charge is -2.23. The third kappa shape index (κ3) is 4.44. The minimum absolute atomic E-state index is 0.0385. The molecular weight excluding hydrogens is 308 g/mol. The number of hydrogen-bond donors (Lipinski definition) is 2. The van der Waals surface area contributed by atoms with Crippen LogP contribution in [0.4, 0.5) is 4.79 Å². The standard InChI is InChI=1S/C17H28N4OS/c1-12(16-18-10-13(2)23-16)9-19-17(22)20-14-7-8-21(11-14)15-5-3-4-6-15/h10,12,14-15H,3-9,11H2,1-2H3,(H2,19,20,22)/t12-,14+/m1/s1. The van der Waals surface area contributed by atoms with Crippen molar-refractivity contribution in [2.24, 2.45) is 0 Å². The average molecular weight is 337 g/mol. The van der Waals surface area contributed by atoms with Gasteiger partial charge in [-0.15, -0.1) is 11.3 Å².